The maximum atomic E-state index is 11.1. The molecule has 0 unspecified atom stereocenters. The van der Waals surface area contributed by atoms with Gasteiger partial charge in [0.2, 0.25) is 5.91 Å². The van der Waals surface area contributed by atoms with Gasteiger partial charge in [0.05, 0.1) is 0 Å². The highest BCUT2D eigenvalue weighted by Gasteiger charge is 2.01. The third kappa shape index (κ3) is 2.82. The maximum Gasteiger partial charge on any atom is 0.234 e. The van der Waals surface area contributed by atoms with Crippen LogP contribution in [0.4, 0.5) is 0 Å². The van der Waals surface area contributed by atoms with Crippen molar-refractivity contribution in [1.82, 2.24) is 5.43 Å². The van der Waals surface area contributed by atoms with Crippen LogP contribution in [0.5, 0.6) is 0 Å². The number of benzene rings is 2. The second kappa shape index (κ2) is 4.97. The van der Waals surface area contributed by atoms with E-state index < -0.39 is 0 Å². The minimum absolute atomic E-state index is 0.131. The minimum Gasteiger partial charge on any atom is -0.294 e. The van der Waals surface area contributed by atoms with Crippen molar-refractivity contribution in [3.63, 3.8) is 0 Å². The maximum absolute atomic E-state index is 11.1. The highest BCUT2D eigenvalue weighted by atomic mass is 16.2. The number of hydrogen-bond acceptors (Lipinski definition) is 2. The molecule has 0 bridgehead atoms. The average molecular weight is 228 g/mol. The normalized spacial score (nSPS) is 10.5. The topological polar surface area (TPSA) is 55.1 Å². The van der Waals surface area contributed by atoms with Gasteiger partial charge in [0.25, 0.3) is 0 Å². The van der Waals surface area contributed by atoms with Gasteiger partial charge in [-0.25, -0.2) is 5.84 Å². The Balaban J connectivity index is 2.20. The van der Waals surface area contributed by atoms with E-state index in [2.05, 4.69) is 48.7 Å². The fourth-order valence-electron chi connectivity index (χ4n) is 1.90. The van der Waals surface area contributed by atoms with E-state index >= 15 is 0 Å². The van der Waals surface area contributed by atoms with Gasteiger partial charge >= 0.3 is 0 Å². The van der Waals surface area contributed by atoms with Gasteiger partial charge in [0, 0.05) is 6.42 Å². The quantitative estimate of drug-likeness (QED) is 0.480. The van der Waals surface area contributed by atoms with E-state index in [1.165, 1.54) is 16.3 Å². The van der Waals surface area contributed by atoms with Crippen LogP contribution in [-0.4, -0.2) is 5.91 Å². The first-order chi connectivity index (χ1) is 8.19. The van der Waals surface area contributed by atoms with Crippen LogP contribution in [0.15, 0.2) is 36.4 Å². The van der Waals surface area contributed by atoms with Gasteiger partial charge in [-0.1, -0.05) is 42.0 Å². The molecule has 0 saturated carbocycles. The zero-order valence-corrected chi connectivity index (χ0v) is 9.86. The molecule has 3 N–H and O–H groups in total. The Morgan fingerprint density at radius 2 is 1.88 bits per heavy atom. The van der Waals surface area contributed by atoms with E-state index in [1.54, 1.807) is 0 Å². The molecule has 0 atom stereocenters. The Hall–Kier alpha value is -1.87. The number of aryl methyl sites for hydroxylation is 2. The average Bonchev–Trinajstić information content (AvgIpc) is 2.35. The summed E-state index contributed by atoms with van der Waals surface area (Å²) < 4.78 is 0. The van der Waals surface area contributed by atoms with Crippen molar-refractivity contribution in [2.45, 2.75) is 19.8 Å². The van der Waals surface area contributed by atoms with Crippen molar-refractivity contribution >= 4 is 16.7 Å². The first-order valence-corrected chi connectivity index (χ1v) is 5.68. The lowest BCUT2D eigenvalue weighted by Crippen LogP contribution is -2.30. The van der Waals surface area contributed by atoms with Crippen LogP contribution in [0.25, 0.3) is 10.8 Å². The third-order valence-corrected chi connectivity index (χ3v) is 2.86. The van der Waals surface area contributed by atoms with E-state index in [0.29, 0.717) is 12.8 Å². The largest absolute Gasteiger partial charge is 0.294 e. The third-order valence-electron chi connectivity index (χ3n) is 2.86. The molecule has 0 fully saturated rings. The summed E-state index contributed by atoms with van der Waals surface area (Å²) in [7, 11) is 0. The van der Waals surface area contributed by atoms with Crippen LogP contribution < -0.4 is 11.3 Å². The summed E-state index contributed by atoms with van der Waals surface area (Å²) in [6, 6.07) is 12.6. The fourth-order valence-corrected chi connectivity index (χ4v) is 1.90. The lowest BCUT2D eigenvalue weighted by molar-refractivity contribution is -0.121. The summed E-state index contributed by atoms with van der Waals surface area (Å²) in [5, 5.41) is 2.44. The molecule has 17 heavy (non-hydrogen) atoms. The van der Waals surface area contributed by atoms with Gasteiger partial charge in [-0.15, -0.1) is 0 Å². The van der Waals surface area contributed by atoms with Crippen molar-refractivity contribution in [1.29, 1.82) is 0 Å². The summed E-state index contributed by atoms with van der Waals surface area (Å²) >= 11 is 0. The molecule has 2 aromatic rings. The van der Waals surface area contributed by atoms with Crippen molar-refractivity contribution in [3.8, 4) is 0 Å². The van der Waals surface area contributed by atoms with Gasteiger partial charge in [0.15, 0.2) is 0 Å². The number of hydrazine groups is 1. The summed E-state index contributed by atoms with van der Waals surface area (Å²) in [5.74, 6) is 4.91. The molecular weight excluding hydrogens is 212 g/mol. The standard InChI is InChI=1S/C14H16N2O/c1-10-2-5-13-9-11(3-6-12(13)8-10)4-7-14(17)16-15/h2-3,5-6,8-9H,4,7,15H2,1H3,(H,16,17). The van der Waals surface area contributed by atoms with Crippen LogP contribution in [0.1, 0.15) is 17.5 Å². The van der Waals surface area contributed by atoms with Gasteiger partial charge in [-0.05, 0) is 29.7 Å². The molecule has 0 spiro atoms. The van der Waals surface area contributed by atoms with Gasteiger partial charge in [-0.3, -0.25) is 10.2 Å². The number of nitrogens with two attached hydrogens (primary N) is 1. The summed E-state index contributed by atoms with van der Waals surface area (Å²) in [6.07, 6.45) is 1.14. The zero-order chi connectivity index (χ0) is 12.3. The molecule has 0 aliphatic heterocycles. The van der Waals surface area contributed by atoms with Crippen LogP contribution in [0, 0.1) is 6.92 Å². The summed E-state index contributed by atoms with van der Waals surface area (Å²) in [5.41, 5.74) is 4.56. The predicted octanol–water partition coefficient (Wildman–Crippen LogP) is 2.07. The number of fused-ring (bicyclic) bond motifs is 1. The second-order valence-corrected chi connectivity index (χ2v) is 4.25. The van der Waals surface area contributed by atoms with Crippen LogP contribution in [0.2, 0.25) is 0 Å². The minimum atomic E-state index is -0.131. The molecular formula is C14H16N2O. The Bertz CT molecular complexity index is 549. The molecule has 0 radical (unpaired) electrons. The molecule has 0 heterocycles. The van der Waals surface area contributed by atoms with Crippen LogP contribution in [-0.2, 0) is 11.2 Å². The van der Waals surface area contributed by atoms with E-state index in [0.717, 1.165) is 5.56 Å². The number of carbonyl (C=O) groups is 1. The highest BCUT2D eigenvalue weighted by Crippen LogP contribution is 2.18. The molecule has 3 nitrogen and oxygen atoms in total. The smallest absolute Gasteiger partial charge is 0.234 e. The summed E-state index contributed by atoms with van der Waals surface area (Å²) in [6.45, 7) is 2.08. The van der Waals surface area contributed by atoms with E-state index in [4.69, 9.17) is 5.84 Å². The van der Waals surface area contributed by atoms with E-state index in [1.807, 2.05) is 0 Å². The molecule has 0 aliphatic rings. The Labute approximate surface area is 101 Å². The molecule has 2 aromatic carbocycles. The van der Waals surface area contributed by atoms with Gasteiger partial charge in [-0.2, -0.15) is 0 Å². The van der Waals surface area contributed by atoms with Crippen molar-refractivity contribution in [3.05, 3.63) is 47.5 Å². The lowest BCUT2D eigenvalue weighted by atomic mass is 10.0. The Morgan fingerprint density at radius 3 is 2.65 bits per heavy atom. The lowest BCUT2D eigenvalue weighted by Gasteiger charge is -2.04. The molecule has 88 valence electrons. The molecule has 0 aromatic heterocycles. The van der Waals surface area contributed by atoms with Crippen LogP contribution in [0.3, 0.4) is 0 Å². The SMILES string of the molecule is Cc1ccc2cc(CCC(=O)NN)ccc2c1. The Morgan fingerprint density at radius 1 is 1.18 bits per heavy atom. The molecule has 2 rings (SSSR count). The van der Waals surface area contributed by atoms with E-state index in [-0.39, 0.29) is 5.91 Å². The molecule has 3 heteroatoms. The van der Waals surface area contributed by atoms with Crippen molar-refractivity contribution in [2.75, 3.05) is 0 Å². The summed E-state index contributed by atoms with van der Waals surface area (Å²) in [4.78, 5) is 11.1. The number of carbonyl (C=O) groups excluding carboxylic acids is 1. The zero-order valence-electron chi connectivity index (χ0n) is 9.86. The van der Waals surface area contributed by atoms with Crippen LogP contribution >= 0.6 is 0 Å². The predicted molar refractivity (Wildman–Crippen MR) is 69.3 cm³/mol. The second-order valence-electron chi connectivity index (χ2n) is 4.25. The highest BCUT2D eigenvalue weighted by molar-refractivity contribution is 5.84. The Kier molecular flexibility index (Phi) is 3.40. The van der Waals surface area contributed by atoms with Gasteiger partial charge in [0.1, 0.15) is 0 Å². The molecule has 0 aliphatic carbocycles. The number of rotatable bonds is 3. The van der Waals surface area contributed by atoms with Crippen molar-refractivity contribution < 1.29 is 4.79 Å². The number of nitrogens with one attached hydrogen (secondary N) is 1. The van der Waals surface area contributed by atoms with Gasteiger partial charge < -0.3 is 0 Å². The first-order valence-electron chi connectivity index (χ1n) is 5.68. The number of amides is 1. The first kappa shape index (κ1) is 11.6. The monoisotopic (exact) mass is 228 g/mol. The van der Waals surface area contributed by atoms with E-state index in [9.17, 15) is 4.79 Å². The fraction of sp³-hybridized carbons (Fsp3) is 0.214. The molecule has 1 amide bonds. The number of hydrogen-bond donors (Lipinski definition) is 2. The van der Waals surface area contributed by atoms with Crippen molar-refractivity contribution in [2.24, 2.45) is 5.84 Å². The molecule has 0 saturated heterocycles.